The van der Waals surface area contributed by atoms with E-state index in [4.69, 9.17) is 15.4 Å². The van der Waals surface area contributed by atoms with Crippen molar-refractivity contribution in [2.24, 2.45) is 0 Å². The Balaban J connectivity index is 3.19. The zero-order valence-corrected chi connectivity index (χ0v) is 10.6. The number of benzene rings is 1. The topological polar surface area (TPSA) is 81.7 Å². The van der Waals surface area contributed by atoms with Gasteiger partial charge >= 0.3 is 6.09 Å². The fraction of sp³-hybridized carbons (Fsp3) is 0.222. The maximum Gasteiger partial charge on any atom is 0.411 e. The molecule has 1 aromatic carbocycles. The lowest BCUT2D eigenvalue weighted by Gasteiger charge is -2.08. The third-order valence-corrected chi connectivity index (χ3v) is 3.20. The van der Waals surface area contributed by atoms with Gasteiger partial charge in [0, 0.05) is 16.4 Å². The number of hydrogen-bond donors (Lipinski definition) is 1. The van der Waals surface area contributed by atoms with Gasteiger partial charge in [-0.3, -0.25) is 5.32 Å². The molecule has 0 spiro atoms. The normalized spacial score (nSPS) is 10.8. The highest BCUT2D eigenvalue weighted by Gasteiger charge is 2.17. The summed E-state index contributed by atoms with van der Waals surface area (Å²) in [5.41, 5.74) is 0.233. The number of methoxy groups -OCH3 is 2. The molecule has 0 saturated carbocycles. The second kappa shape index (κ2) is 5.24. The molecule has 6 nitrogen and oxygen atoms in total. The van der Waals surface area contributed by atoms with Crippen LogP contribution in [0.5, 0.6) is 5.75 Å². The van der Waals surface area contributed by atoms with Gasteiger partial charge in [0.05, 0.1) is 14.2 Å². The Morgan fingerprint density at radius 2 is 2.00 bits per heavy atom. The molecule has 0 radical (unpaired) electrons. The summed E-state index contributed by atoms with van der Waals surface area (Å²) in [4.78, 5) is 10.7. The van der Waals surface area contributed by atoms with E-state index in [0.717, 1.165) is 0 Å². The van der Waals surface area contributed by atoms with E-state index in [-0.39, 0.29) is 16.3 Å². The monoisotopic (exact) mass is 279 g/mol. The molecule has 17 heavy (non-hydrogen) atoms. The van der Waals surface area contributed by atoms with E-state index >= 15 is 0 Å². The fourth-order valence-electron chi connectivity index (χ4n) is 1.11. The van der Waals surface area contributed by atoms with Gasteiger partial charge < -0.3 is 9.47 Å². The van der Waals surface area contributed by atoms with Crippen LogP contribution in [-0.4, -0.2) is 28.7 Å². The average Bonchev–Trinajstić information content (AvgIpc) is 2.27. The highest BCUT2D eigenvalue weighted by atomic mass is 35.7. The summed E-state index contributed by atoms with van der Waals surface area (Å²) in [5, 5.41) is 2.32. The van der Waals surface area contributed by atoms with Gasteiger partial charge in [0.15, 0.2) is 0 Å². The maximum atomic E-state index is 11.3. The van der Waals surface area contributed by atoms with Crippen molar-refractivity contribution in [1.82, 2.24) is 0 Å². The zero-order valence-electron chi connectivity index (χ0n) is 9.06. The number of carbonyl (C=O) groups is 1. The van der Waals surface area contributed by atoms with Crippen molar-refractivity contribution in [3.63, 3.8) is 0 Å². The Kier molecular flexibility index (Phi) is 4.19. The molecule has 0 atom stereocenters. The quantitative estimate of drug-likeness (QED) is 0.853. The molecule has 0 saturated heterocycles. The van der Waals surface area contributed by atoms with Gasteiger partial charge in [-0.15, -0.1) is 0 Å². The summed E-state index contributed by atoms with van der Waals surface area (Å²) in [5.74, 6) is 0.0930. The van der Waals surface area contributed by atoms with Crippen LogP contribution in [0.25, 0.3) is 0 Å². The molecule has 0 aliphatic heterocycles. The van der Waals surface area contributed by atoms with E-state index in [1.165, 1.54) is 32.4 Å². The van der Waals surface area contributed by atoms with Gasteiger partial charge in [0.1, 0.15) is 10.6 Å². The van der Waals surface area contributed by atoms with Crippen LogP contribution in [0.2, 0.25) is 0 Å². The van der Waals surface area contributed by atoms with Crippen LogP contribution >= 0.6 is 10.7 Å². The van der Waals surface area contributed by atoms with Crippen molar-refractivity contribution < 1.29 is 22.7 Å². The van der Waals surface area contributed by atoms with Crippen LogP contribution in [0.1, 0.15) is 0 Å². The predicted octanol–water partition coefficient (Wildman–Crippen LogP) is 1.80. The molecule has 1 N–H and O–H groups in total. The summed E-state index contributed by atoms with van der Waals surface area (Å²) < 4.78 is 31.7. The lowest BCUT2D eigenvalue weighted by molar-refractivity contribution is 0.187. The Hall–Kier alpha value is -1.47. The molecule has 0 bridgehead atoms. The highest BCUT2D eigenvalue weighted by molar-refractivity contribution is 8.13. The Labute approximate surface area is 103 Å². The average molecular weight is 280 g/mol. The SMILES string of the molecule is COC(=O)Nc1ccc(OC)c(S(=O)(=O)Cl)c1. The first-order valence-electron chi connectivity index (χ1n) is 4.36. The van der Waals surface area contributed by atoms with Gasteiger partial charge in [-0.1, -0.05) is 0 Å². The van der Waals surface area contributed by atoms with Gasteiger partial charge in [0.2, 0.25) is 0 Å². The van der Waals surface area contributed by atoms with E-state index in [9.17, 15) is 13.2 Å². The Morgan fingerprint density at radius 3 is 2.47 bits per heavy atom. The standard InChI is InChI=1S/C9H10ClNO5S/c1-15-7-4-3-6(11-9(12)16-2)5-8(7)17(10,13)14/h3-5H,1-2H3,(H,11,12). The fourth-order valence-corrected chi connectivity index (χ4v) is 2.14. The second-order valence-electron chi connectivity index (χ2n) is 2.92. The molecule has 1 aromatic rings. The lowest BCUT2D eigenvalue weighted by Crippen LogP contribution is -2.11. The number of carbonyl (C=O) groups excluding carboxylic acids is 1. The number of anilines is 1. The minimum atomic E-state index is -3.96. The largest absolute Gasteiger partial charge is 0.495 e. The van der Waals surface area contributed by atoms with Crippen LogP contribution < -0.4 is 10.1 Å². The smallest absolute Gasteiger partial charge is 0.411 e. The van der Waals surface area contributed by atoms with Crippen molar-refractivity contribution in [1.29, 1.82) is 0 Å². The van der Waals surface area contributed by atoms with Crippen LogP contribution in [0.3, 0.4) is 0 Å². The maximum absolute atomic E-state index is 11.3. The van der Waals surface area contributed by atoms with Crippen molar-refractivity contribution >= 4 is 31.5 Å². The zero-order chi connectivity index (χ0) is 13.1. The van der Waals surface area contributed by atoms with Gasteiger partial charge in [-0.2, -0.15) is 0 Å². The first kappa shape index (κ1) is 13.6. The molecule has 0 unspecified atom stereocenters. The van der Waals surface area contributed by atoms with Gasteiger partial charge in [-0.25, -0.2) is 13.2 Å². The lowest BCUT2D eigenvalue weighted by atomic mass is 10.3. The molecule has 0 aliphatic rings. The first-order valence-corrected chi connectivity index (χ1v) is 6.67. The Bertz CT molecular complexity index is 528. The van der Waals surface area contributed by atoms with Crippen LogP contribution in [0.4, 0.5) is 10.5 Å². The predicted molar refractivity (Wildman–Crippen MR) is 62.1 cm³/mol. The number of halogens is 1. The Morgan fingerprint density at radius 1 is 1.35 bits per heavy atom. The third kappa shape index (κ3) is 3.50. The molecule has 94 valence electrons. The molecule has 0 aromatic heterocycles. The minimum absolute atomic E-state index is 0.0930. The van der Waals surface area contributed by atoms with E-state index < -0.39 is 15.1 Å². The highest BCUT2D eigenvalue weighted by Crippen LogP contribution is 2.29. The second-order valence-corrected chi connectivity index (χ2v) is 5.45. The molecule has 1 rings (SSSR count). The summed E-state index contributed by atoms with van der Waals surface area (Å²) >= 11 is 0. The molecule has 1 amide bonds. The molecular weight excluding hydrogens is 270 g/mol. The molecule has 0 fully saturated rings. The molecule has 0 aliphatic carbocycles. The van der Waals surface area contributed by atoms with Gasteiger partial charge in [-0.05, 0) is 18.2 Å². The third-order valence-electron chi connectivity index (χ3n) is 1.86. The van der Waals surface area contributed by atoms with Crippen molar-refractivity contribution in [3.05, 3.63) is 18.2 Å². The number of nitrogens with one attached hydrogen (secondary N) is 1. The van der Waals surface area contributed by atoms with E-state index in [2.05, 4.69) is 10.1 Å². The summed E-state index contributed by atoms with van der Waals surface area (Å²) in [7, 11) is 3.78. The number of ether oxygens (including phenoxy) is 2. The van der Waals surface area contributed by atoms with Crippen LogP contribution in [-0.2, 0) is 13.8 Å². The van der Waals surface area contributed by atoms with E-state index in [1.54, 1.807) is 0 Å². The number of hydrogen-bond acceptors (Lipinski definition) is 5. The van der Waals surface area contributed by atoms with Gasteiger partial charge in [0.25, 0.3) is 9.05 Å². The number of amides is 1. The minimum Gasteiger partial charge on any atom is -0.495 e. The first-order chi connectivity index (χ1) is 7.88. The van der Waals surface area contributed by atoms with Crippen molar-refractivity contribution in [2.45, 2.75) is 4.90 Å². The van der Waals surface area contributed by atoms with Crippen molar-refractivity contribution in [3.8, 4) is 5.75 Å². The van der Waals surface area contributed by atoms with E-state index in [1.807, 2.05) is 0 Å². The van der Waals surface area contributed by atoms with Crippen LogP contribution in [0.15, 0.2) is 23.1 Å². The van der Waals surface area contributed by atoms with E-state index in [0.29, 0.717) is 0 Å². The van der Waals surface area contributed by atoms with Crippen LogP contribution in [0, 0.1) is 0 Å². The summed E-state index contributed by atoms with van der Waals surface area (Å²) in [6.45, 7) is 0. The molecule has 0 heterocycles. The summed E-state index contributed by atoms with van der Waals surface area (Å²) in [6.07, 6.45) is -0.715. The van der Waals surface area contributed by atoms with Crippen molar-refractivity contribution in [2.75, 3.05) is 19.5 Å². The number of rotatable bonds is 3. The molecular formula is C9H10ClNO5S. The summed E-state index contributed by atoms with van der Waals surface area (Å²) in [6, 6.07) is 4.01. The molecule has 8 heteroatoms.